The summed E-state index contributed by atoms with van der Waals surface area (Å²) in [6.45, 7) is 2.99. The summed E-state index contributed by atoms with van der Waals surface area (Å²) in [5, 5.41) is 12.8. The fourth-order valence-corrected chi connectivity index (χ4v) is 3.44. The van der Waals surface area contributed by atoms with Crippen LogP contribution in [0.3, 0.4) is 0 Å². The molecule has 1 saturated heterocycles. The summed E-state index contributed by atoms with van der Waals surface area (Å²) in [4.78, 5) is 6.81. The number of hydrogen-bond acceptors (Lipinski definition) is 2. The van der Waals surface area contributed by atoms with Crippen LogP contribution in [0.15, 0.2) is 59.6 Å². The number of hydrogen-bond donors (Lipinski definition) is 2. The van der Waals surface area contributed by atoms with Crippen LogP contribution in [0.5, 0.6) is 5.75 Å². The smallest absolute Gasteiger partial charge is 0.193 e. The Labute approximate surface area is 173 Å². The van der Waals surface area contributed by atoms with Crippen molar-refractivity contribution in [3.05, 3.63) is 65.7 Å². The number of phenols is 1. The monoisotopic (exact) mass is 465 g/mol. The molecular formula is C21H28IN3O. The first-order valence-electron chi connectivity index (χ1n) is 9.04. The third kappa shape index (κ3) is 5.62. The number of aliphatic imine (C=N–C) groups is 1. The molecule has 0 saturated carbocycles. The second-order valence-corrected chi connectivity index (χ2v) is 6.59. The number of rotatable bonds is 5. The maximum absolute atomic E-state index is 9.32. The molecule has 0 spiro atoms. The van der Waals surface area contributed by atoms with Crippen LogP contribution in [-0.4, -0.2) is 42.6 Å². The Balaban J connectivity index is 0.00000243. The SMILES string of the molecule is CN=C(NCCCc1ccc(O)cc1)N1CCC(c2ccccc2)C1.I. The van der Waals surface area contributed by atoms with Gasteiger partial charge in [0.15, 0.2) is 5.96 Å². The molecule has 26 heavy (non-hydrogen) atoms. The maximum atomic E-state index is 9.32. The van der Waals surface area contributed by atoms with E-state index in [1.807, 2.05) is 19.2 Å². The summed E-state index contributed by atoms with van der Waals surface area (Å²) >= 11 is 0. The van der Waals surface area contributed by atoms with Gasteiger partial charge in [0, 0.05) is 32.6 Å². The highest BCUT2D eigenvalue weighted by Crippen LogP contribution is 2.26. The van der Waals surface area contributed by atoms with Crippen LogP contribution in [-0.2, 0) is 6.42 Å². The van der Waals surface area contributed by atoms with Crippen LogP contribution in [0.25, 0.3) is 0 Å². The lowest BCUT2D eigenvalue weighted by molar-refractivity contribution is 0.475. The molecule has 0 radical (unpaired) electrons. The second-order valence-electron chi connectivity index (χ2n) is 6.59. The molecule has 2 aromatic rings. The van der Waals surface area contributed by atoms with Gasteiger partial charge in [-0.2, -0.15) is 0 Å². The van der Waals surface area contributed by atoms with Crippen molar-refractivity contribution < 1.29 is 5.11 Å². The second kappa shape index (κ2) is 10.4. The van der Waals surface area contributed by atoms with Gasteiger partial charge in [0.1, 0.15) is 5.75 Å². The van der Waals surface area contributed by atoms with Crippen LogP contribution in [0.1, 0.15) is 29.9 Å². The van der Waals surface area contributed by atoms with E-state index >= 15 is 0 Å². The topological polar surface area (TPSA) is 47.9 Å². The van der Waals surface area contributed by atoms with E-state index in [0.717, 1.165) is 38.4 Å². The molecule has 1 aliphatic rings. The van der Waals surface area contributed by atoms with E-state index in [1.165, 1.54) is 17.5 Å². The number of halogens is 1. The van der Waals surface area contributed by atoms with Gasteiger partial charge in [-0.05, 0) is 42.5 Å². The molecule has 2 N–H and O–H groups in total. The third-order valence-electron chi connectivity index (χ3n) is 4.83. The highest BCUT2D eigenvalue weighted by molar-refractivity contribution is 14.0. The zero-order valence-corrected chi connectivity index (χ0v) is 17.6. The van der Waals surface area contributed by atoms with Crippen molar-refractivity contribution in [2.24, 2.45) is 4.99 Å². The summed E-state index contributed by atoms with van der Waals surface area (Å²) < 4.78 is 0. The minimum Gasteiger partial charge on any atom is -0.508 e. The van der Waals surface area contributed by atoms with Crippen molar-refractivity contribution in [2.45, 2.75) is 25.2 Å². The highest BCUT2D eigenvalue weighted by Gasteiger charge is 2.25. The molecule has 140 valence electrons. The van der Waals surface area contributed by atoms with Crippen LogP contribution in [0.2, 0.25) is 0 Å². The third-order valence-corrected chi connectivity index (χ3v) is 4.83. The minimum atomic E-state index is 0. The van der Waals surface area contributed by atoms with E-state index in [-0.39, 0.29) is 24.0 Å². The maximum Gasteiger partial charge on any atom is 0.193 e. The van der Waals surface area contributed by atoms with Gasteiger partial charge in [0.25, 0.3) is 0 Å². The number of aromatic hydroxyl groups is 1. The van der Waals surface area contributed by atoms with Crippen molar-refractivity contribution in [1.29, 1.82) is 0 Å². The number of guanidine groups is 1. The van der Waals surface area contributed by atoms with E-state index in [2.05, 4.69) is 45.5 Å². The van der Waals surface area contributed by atoms with Gasteiger partial charge in [0.05, 0.1) is 0 Å². The van der Waals surface area contributed by atoms with Gasteiger partial charge in [-0.25, -0.2) is 0 Å². The van der Waals surface area contributed by atoms with Gasteiger partial charge in [-0.15, -0.1) is 24.0 Å². The first kappa shape index (κ1) is 20.6. The molecule has 0 amide bonds. The van der Waals surface area contributed by atoms with Gasteiger partial charge in [-0.1, -0.05) is 42.5 Å². The Morgan fingerprint density at radius 1 is 1.15 bits per heavy atom. The zero-order valence-electron chi connectivity index (χ0n) is 15.3. The molecule has 1 heterocycles. The molecule has 0 aliphatic carbocycles. The fraction of sp³-hybridized carbons (Fsp3) is 0.381. The molecule has 1 atom stereocenters. The normalized spacial score (nSPS) is 17.0. The molecule has 4 nitrogen and oxygen atoms in total. The Morgan fingerprint density at radius 2 is 1.88 bits per heavy atom. The average Bonchev–Trinajstić information content (AvgIpc) is 3.14. The Kier molecular flexibility index (Phi) is 8.22. The lowest BCUT2D eigenvalue weighted by Gasteiger charge is -2.22. The van der Waals surface area contributed by atoms with Crippen LogP contribution >= 0.6 is 24.0 Å². The largest absolute Gasteiger partial charge is 0.508 e. The van der Waals surface area contributed by atoms with E-state index in [0.29, 0.717) is 11.7 Å². The van der Waals surface area contributed by atoms with Crippen LogP contribution in [0.4, 0.5) is 0 Å². The Morgan fingerprint density at radius 3 is 2.58 bits per heavy atom. The van der Waals surface area contributed by atoms with Crippen molar-refractivity contribution >= 4 is 29.9 Å². The fourth-order valence-electron chi connectivity index (χ4n) is 3.44. The number of likely N-dealkylation sites (tertiary alicyclic amines) is 1. The number of nitrogens with zero attached hydrogens (tertiary/aromatic N) is 2. The predicted octanol–water partition coefficient (Wildman–Crippen LogP) is 4.01. The molecule has 1 unspecified atom stereocenters. The van der Waals surface area contributed by atoms with Crippen molar-refractivity contribution in [2.75, 3.05) is 26.7 Å². The first-order chi connectivity index (χ1) is 12.3. The van der Waals surface area contributed by atoms with E-state index < -0.39 is 0 Å². The van der Waals surface area contributed by atoms with Gasteiger partial charge < -0.3 is 15.3 Å². The molecule has 0 bridgehead atoms. The van der Waals surface area contributed by atoms with E-state index in [9.17, 15) is 5.11 Å². The van der Waals surface area contributed by atoms with Crippen molar-refractivity contribution in [3.63, 3.8) is 0 Å². The minimum absolute atomic E-state index is 0. The molecule has 3 rings (SSSR count). The number of nitrogens with one attached hydrogen (secondary N) is 1. The Bertz CT molecular complexity index is 688. The summed E-state index contributed by atoms with van der Waals surface area (Å²) in [5.41, 5.74) is 2.67. The standard InChI is InChI=1S/C21H27N3O.HI/c1-22-21(23-14-5-6-17-9-11-20(25)12-10-17)24-15-13-19(16-24)18-7-3-2-4-8-18;/h2-4,7-12,19,25H,5-6,13-16H2,1H3,(H,22,23);1H. The highest BCUT2D eigenvalue weighted by atomic mass is 127. The predicted molar refractivity (Wildman–Crippen MR) is 119 cm³/mol. The van der Waals surface area contributed by atoms with Gasteiger partial charge in [0.2, 0.25) is 0 Å². The van der Waals surface area contributed by atoms with Crippen molar-refractivity contribution in [1.82, 2.24) is 10.2 Å². The van der Waals surface area contributed by atoms with Crippen LogP contribution < -0.4 is 5.32 Å². The Hall–Kier alpha value is -1.76. The first-order valence-corrected chi connectivity index (χ1v) is 9.04. The summed E-state index contributed by atoms with van der Waals surface area (Å²) in [6.07, 6.45) is 3.22. The number of phenolic OH excluding ortho intramolecular Hbond substituents is 1. The van der Waals surface area contributed by atoms with Crippen molar-refractivity contribution in [3.8, 4) is 5.75 Å². The molecule has 1 fully saturated rings. The van der Waals surface area contributed by atoms with E-state index in [1.54, 1.807) is 12.1 Å². The molecular weight excluding hydrogens is 437 g/mol. The summed E-state index contributed by atoms with van der Waals surface area (Å²) in [6, 6.07) is 18.2. The lowest BCUT2D eigenvalue weighted by atomic mass is 9.99. The summed E-state index contributed by atoms with van der Waals surface area (Å²) in [7, 11) is 1.86. The average molecular weight is 465 g/mol. The van der Waals surface area contributed by atoms with Gasteiger partial charge >= 0.3 is 0 Å². The quantitative estimate of drug-likeness (QED) is 0.304. The summed E-state index contributed by atoms with van der Waals surface area (Å²) in [5.74, 6) is 1.92. The van der Waals surface area contributed by atoms with Gasteiger partial charge in [-0.3, -0.25) is 4.99 Å². The zero-order chi connectivity index (χ0) is 17.5. The molecule has 2 aromatic carbocycles. The molecule has 1 aliphatic heterocycles. The molecule has 0 aromatic heterocycles. The lowest BCUT2D eigenvalue weighted by Crippen LogP contribution is -2.40. The molecule has 5 heteroatoms. The number of aryl methyl sites for hydroxylation is 1. The number of benzene rings is 2. The van der Waals surface area contributed by atoms with E-state index in [4.69, 9.17) is 0 Å². The van der Waals surface area contributed by atoms with Crippen LogP contribution in [0, 0.1) is 0 Å².